The number of carbonyl (C=O) groups is 5. The van der Waals surface area contributed by atoms with Crippen LogP contribution in [0.2, 0.25) is 0 Å². The van der Waals surface area contributed by atoms with Crippen molar-refractivity contribution in [2.45, 2.75) is 37.8 Å². The van der Waals surface area contributed by atoms with E-state index < -0.39 is 23.8 Å². The third-order valence-electron chi connectivity index (χ3n) is 11.4. The lowest BCUT2D eigenvalue weighted by atomic mass is 10.0. The summed E-state index contributed by atoms with van der Waals surface area (Å²) in [5, 5.41) is 8.07. The Bertz CT molecular complexity index is 2460. The Hall–Kier alpha value is -6.71. The fourth-order valence-electron chi connectivity index (χ4n) is 8.30. The topological polar surface area (TPSA) is 157 Å². The Morgan fingerprint density at radius 3 is 2.47 bits per heavy atom. The number of carbonyl (C=O) groups excluding carboxylic acids is 5. The van der Waals surface area contributed by atoms with Crippen LogP contribution < -0.4 is 15.1 Å². The molecular weight excluding hydrogens is 732 g/mol. The number of pyridine rings is 1. The number of rotatable bonds is 8. The average Bonchev–Trinajstić information content (AvgIpc) is 3.96. The van der Waals surface area contributed by atoms with Gasteiger partial charge in [0.15, 0.2) is 5.65 Å². The second-order valence-electron chi connectivity index (χ2n) is 14.7. The van der Waals surface area contributed by atoms with Crippen molar-refractivity contribution in [1.29, 1.82) is 0 Å². The molecule has 0 bridgehead atoms. The third kappa shape index (κ3) is 6.49. The molecule has 9 rings (SSSR count). The van der Waals surface area contributed by atoms with Gasteiger partial charge in [0.1, 0.15) is 29.2 Å². The summed E-state index contributed by atoms with van der Waals surface area (Å²) in [5.41, 5.74) is 3.89. The van der Waals surface area contributed by atoms with E-state index in [0.29, 0.717) is 43.2 Å². The lowest BCUT2D eigenvalue weighted by Gasteiger charge is -2.35. The van der Waals surface area contributed by atoms with Crippen LogP contribution in [0.15, 0.2) is 79.0 Å². The number of likely N-dealkylation sites (tertiary alicyclic amines) is 1. The minimum atomic E-state index is -1.03. The molecule has 4 aliphatic rings. The molecule has 290 valence electrons. The van der Waals surface area contributed by atoms with Crippen LogP contribution in [0.4, 0.5) is 21.7 Å². The SMILES string of the molecule is CN1C(=O)CCC(N2C(=O)c3ccc(NCC(=O)N4CCN(c5cccc(-c6cnc7ccc(N8CCC[C@@H]8c8cccc(F)c8)nn67)n5)CC4)cc3C2=O)C1=O. The Morgan fingerprint density at radius 1 is 0.842 bits per heavy atom. The normalized spacial score (nSPS) is 19.9. The maximum absolute atomic E-state index is 14.1. The highest BCUT2D eigenvalue weighted by Crippen LogP contribution is 2.36. The van der Waals surface area contributed by atoms with E-state index in [1.165, 1.54) is 25.2 Å². The van der Waals surface area contributed by atoms with Gasteiger partial charge in [-0.15, -0.1) is 5.10 Å². The lowest BCUT2D eigenvalue weighted by molar-refractivity contribution is -0.149. The highest BCUT2D eigenvalue weighted by molar-refractivity contribution is 6.23. The summed E-state index contributed by atoms with van der Waals surface area (Å²) in [6.07, 6.45) is 3.80. The Labute approximate surface area is 326 Å². The first-order valence-electron chi connectivity index (χ1n) is 19.1. The molecule has 0 spiro atoms. The second kappa shape index (κ2) is 14.4. The van der Waals surface area contributed by atoms with Crippen LogP contribution in [0, 0.1) is 5.82 Å². The van der Waals surface area contributed by atoms with E-state index in [2.05, 4.69) is 20.1 Å². The van der Waals surface area contributed by atoms with Crippen molar-refractivity contribution in [3.05, 3.63) is 102 Å². The average molecular weight is 771 g/mol. The van der Waals surface area contributed by atoms with Crippen molar-refractivity contribution in [1.82, 2.24) is 34.3 Å². The minimum Gasteiger partial charge on any atom is -0.376 e. The van der Waals surface area contributed by atoms with E-state index in [-0.39, 0.29) is 54.2 Å². The maximum Gasteiger partial charge on any atom is 0.262 e. The molecule has 3 aromatic heterocycles. The molecule has 3 fully saturated rings. The summed E-state index contributed by atoms with van der Waals surface area (Å²) >= 11 is 0. The zero-order chi connectivity index (χ0) is 39.4. The molecular formula is C41H39FN10O5. The van der Waals surface area contributed by atoms with Crippen LogP contribution in [0.25, 0.3) is 17.0 Å². The molecule has 1 N–H and O–H groups in total. The number of benzene rings is 2. The smallest absolute Gasteiger partial charge is 0.262 e. The molecule has 7 heterocycles. The number of nitrogens with zero attached hydrogens (tertiary/aromatic N) is 9. The second-order valence-corrected chi connectivity index (χ2v) is 14.7. The van der Waals surface area contributed by atoms with Crippen LogP contribution in [-0.2, 0) is 14.4 Å². The molecule has 2 atom stereocenters. The highest BCUT2D eigenvalue weighted by atomic mass is 19.1. The molecule has 16 heteroatoms. The van der Waals surface area contributed by atoms with Crippen LogP contribution in [0.3, 0.4) is 0 Å². The van der Waals surface area contributed by atoms with E-state index in [1.54, 1.807) is 33.8 Å². The fraction of sp³-hybridized carbons (Fsp3) is 0.317. The highest BCUT2D eigenvalue weighted by Gasteiger charge is 2.46. The molecule has 3 saturated heterocycles. The number of imidazole rings is 1. The van der Waals surface area contributed by atoms with Gasteiger partial charge in [-0.25, -0.2) is 18.9 Å². The van der Waals surface area contributed by atoms with Crippen molar-refractivity contribution < 1.29 is 28.4 Å². The molecule has 4 aliphatic heterocycles. The van der Waals surface area contributed by atoms with Gasteiger partial charge in [0.2, 0.25) is 11.8 Å². The first-order chi connectivity index (χ1) is 27.6. The lowest BCUT2D eigenvalue weighted by Crippen LogP contribution is -2.54. The summed E-state index contributed by atoms with van der Waals surface area (Å²) in [4.78, 5) is 82.0. The van der Waals surface area contributed by atoms with E-state index in [0.717, 1.165) is 52.1 Å². The number of piperazine rings is 1. The van der Waals surface area contributed by atoms with Gasteiger partial charge in [-0.1, -0.05) is 18.2 Å². The number of nitrogens with one attached hydrogen (secondary N) is 1. The number of halogens is 1. The predicted molar refractivity (Wildman–Crippen MR) is 207 cm³/mol. The number of hydrogen-bond donors (Lipinski definition) is 1. The van der Waals surface area contributed by atoms with E-state index in [4.69, 9.17) is 10.1 Å². The molecule has 5 amide bonds. The molecule has 0 aliphatic carbocycles. The van der Waals surface area contributed by atoms with Gasteiger partial charge in [-0.05, 0) is 79.4 Å². The Balaban J connectivity index is 0.829. The Morgan fingerprint density at radius 2 is 1.65 bits per heavy atom. The Kier molecular flexibility index (Phi) is 9.10. The van der Waals surface area contributed by atoms with Crippen molar-refractivity contribution in [3.63, 3.8) is 0 Å². The largest absolute Gasteiger partial charge is 0.376 e. The summed E-state index contributed by atoms with van der Waals surface area (Å²) in [6, 6.07) is 20.1. The maximum atomic E-state index is 14.1. The number of hydrogen-bond acceptors (Lipinski definition) is 11. The van der Waals surface area contributed by atoms with Crippen molar-refractivity contribution in [3.8, 4) is 11.4 Å². The predicted octanol–water partition coefficient (Wildman–Crippen LogP) is 3.78. The molecule has 57 heavy (non-hydrogen) atoms. The number of aromatic nitrogens is 4. The first kappa shape index (κ1) is 36.0. The van der Waals surface area contributed by atoms with Gasteiger partial charge in [-0.3, -0.25) is 33.8 Å². The van der Waals surface area contributed by atoms with Gasteiger partial charge >= 0.3 is 0 Å². The zero-order valence-corrected chi connectivity index (χ0v) is 31.2. The van der Waals surface area contributed by atoms with Gasteiger partial charge < -0.3 is 20.0 Å². The number of piperidine rings is 1. The van der Waals surface area contributed by atoms with Crippen molar-refractivity contribution in [2.75, 3.05) is 61.4 Å². The molecule has 2 aromatic carbocycles. The van der Waals surface area contributed by atoms with Gasteiger partial charge in [0.25, 0.3) is 17.7 Å². The third-order valence-corrected chi connectivity index (χ3v) is 11.4. The quantitative estimate of drug-likeness (QED) is 0.229. The minimum absolute atomic E-state index is 0.0178. The summed E-state index contributed by atoms with van der Waals surface area (Å²) in [7, 11) is 1.35. The fourth-order valence-corrected chi connectivity index (χ4v) is 8.30. The zero-order valence-electron chi connectivity index (χ0n) is 31.2. The van der Waals surface area contributed by atoms with Gasteiger partial charge in [-0.2, -0.15) is 0 Å². The summed E-state index contributed by atoms with van der Waals surface area (Å²) in [6.45, 7) is 2.89. The number of likely N-dealkylation sites (N-methyl/N-ethyl adjacent to an activating group) is 1. The molecule has 5 aromatic rings. The van der Waals surface area contributed by atoms with E-state index in [9.17, 15) is 28.4 Å². The number of anilines is 3. The van der Waals surface area contributed by atoms with Gasteiger partial charge in [0, 0.05) is 51.9 Å². The van der Waals surface area contributed by atoms with Gasteiger partial charge in [0.05, 0.1) is 35.6 Å². The summed E-state index contributed by atoms with van der Waals surface area (Å²) < 4.78 is 15.9. The molecule has 15 nitrogen and oxygen atoms in total. The molecule has 1 unspecified atom stereocenters. The first-order valence-corrected chi connectivity index (χ1v) is 19.1. The van der Waals surface area contributed by atoms with Crippen LogP contribution in [-0.4, -0.2) is 116 Å². The van der Waals surface area contributed by atoms with E-state index in [1.807, 2.05) is 36.4 Å². The number of amides is 5. The standard InChI is InChI=1S/C41H39FN10O5/c1-47-37(53)15-12-32(41(47)57)51-39(55)28-11-10-27(22-29(28)40(51)56)43-24-38(54)49-19-17-48(18-20-49)35-9-3-7-30(45-35)33-23-44-34-13-14-36(46-52(33)34)50-16-4-8-31(50)25-5-2-6-26(42)21-25/h2-3,5-7,9-11,13-14,21-23,31-32,43H,4,8,12,15-20,24H2,1H3/t31-,32?/m1/s1. The molecule has 0 radical (unpaired) electrons. The van der Waals surface area contributed by atoms with Crippen molar-refractivity contribution >= 4 is 52.5 Å². The van der Waals surface area contributed by atoms with Crippen LogP contribution in [0.5, 0.6) is 0 Å². The number of imide groups is 2. The van der Waals surface area contributed by atoms with Crippen LogP contribution >= 0.6 is 0 Å². The van der Waals surface area contributed by atoms with Crippen LogP contribution in [0.1, 0.15) is 58.0 Å². The number of fused-ring (bicyclic) bond motifs is 2. The summed E-state index contributed by atoms with van der Waals surface area (Å²) in [5.74, 6) is -0.911. The monoisotopic (exact) mass is 770 g/mol. The van der Waals surface area contributed by atoms with Crippen molar-refractivity contribution in [2.24, 2.45) is 0 Å². The van der Waals surface area contributed by atoms with E-state index >= 15 is 0 Å². The molecule has 0 saturated carbocycles.